The van der Waals surface area contributed by atoms with Gasteiger partial charge >= 0.3 is 5.97 Å². The van der Waals surface area contributed by atoms with Crippen LogP contribution < -0.4 is 9.80 Å². The van der Waals surface area contributed by atoms with E-state index in [1.165, 1.54) is 0 Å². The van der Waals surface area contributed by atoms with Crippen LogP contribution in [0.15, 0.2) is 36.4 Å². The Morgan fingerprint density at radius 1 is 1.26 bits per heavy atom. The predicted molar refractivity (Wildman–Crippen MR) is 103 cm³/mol. The highest BCUT2D eigenvalue weighted by atomic mass is 35.5. The number of carbonyl (C=O) groups excluding carboxylic acids is 2. The SMILES string of the molecule is CC1CCc2ccccc2N1C(=O)COC(=O)CN(C)c1ccc(Cl)nn1. The molecule has 1 amide bonds. The van der Waals surface area contributed by atoms with Crippen molar-refractivity contribution in [3.05, 3.63) is 47.1 Å². The van der Waals surface area contributed by atoms with Gasteiger partial charge in [-0.05, 0) is 43.5 Å². The Bertz CT molecular complexity index is 828. The summed E-state index contributed by atoms with van der Waals surface area (Å²) in [6.45, 7) is 1.66. The van der Waals surface area contributed by atoms with Gasteiger partial charge in [-0.1, -0.05) is 29.8 Å². The normalized spacial score (nSPS) is 15.8. The van der Waals surface area contributed by atoms with Crippen LogP contribution in [0.3, 0.4) is 0 Å². The highest BCUT2D eigenvalue weighted by molar-refractivity contribution is 6.29. The molecule has 8 heteroatoms. The number of carbonyl (C=O) groups is 2. The van der Waals surface area contributed by atoms with Crippen LogP contribution in [0.4, 0.5) is 11.5 Å². The van der Waals surface area contributed by atoms with Crippen LogP contribution in [0.1, 0.15) is 18.9 Å². The molecule has 0 N–H and O–H groups in total. The smallest absolute Gasteiger partial charge is 0.326 e. The van der Waals surface area contributed by atoms with Gasteiger partial charge in [0.25, 0.3) is 5.91 Å². The topological polar surface area (TPSA) is 75.6 Å². The maximum Gasteiger partial charge on any atom is 0.326 e. The van der Waals surface area contributed by atoms with Crippen molar-refractivity contribution in [3.8, 4) is 0 Å². The average molecular weight is 389 g/mol. The van der Waals surface area contributed by atoms with Gasteiger partial charge in [-0.3, -0.25) is 9.59 Å². The van der Waals surface area contributed by atoms with Gasteiger partial charge in [0.15, 0.2) is 17.6 Å². The Hall–Kier alpha value is -2.67. The second kappa shape index (κ2) is 8.35. The Morgan fingerprint density at radius 2 is 2.04 bits per heavy atom. The number of ether oxygens (including phenoxy) is 1. The zero-order valence-electron chi connectivity index (χ0n) is 15.3. The van der Waals surface area contributed by atoms with E-state index in [1.807, 2.05) is 31.2 Å². The molecule has 3 rings (SSSR count). The number of likely N-dealkylation sites (N-methyl/N-ethyl adjacent to an activating group) is 1. The largest absolute Gasteiger partial charge is 0.454 e. The van der Waals surface area contributed by atoms with E-state index in [1.54, 1.807) is 29.0 Å². The average Bonchev–Trinajstić information content (AvgIpc) is 2.66. The maximum absolute atomic E-state index is 12.7. The van der Waals surface area contributed by atoms with Gasteiger partial charge in [-0.15, -0.1) is 10.2 Å². The van der Waals surface area contributed by atoms with E-state index in [4.69, 9.17) is 16.3 Å². The summed E-state index contributed by atoms with van der Waals surface area (Å²) in [4.78, 5) is 28.1. The van der Waals surface area contributed by atoms with Gasteiger partial charge in [0.2, 0.25) is 0 Å². The number of hydrogen-bond donors (Lipinski definition) is 0. The molecule has 1 atom stereocenters. The molecule has 1 aromatic heterocycles. The van der Waals surface area contributed by atoms with Crippen molar-refractivity contribution in [1.29, 1.82) is 0 Å². The minimum Gasteiger partial charge on any atom is -0.454 e. The second-order valence-corrected chi connectivity index (χ2v) is 6.90. The van der Waals surface area contributed by atoms with Crippen molar-refractivity contribution in [3.63, 3.8) is 0 Å². The molecule has 0 aliphatic carbocycles. The fourth-order valence-electron chi connectivity index (χ4n) is 3.11. The summed E-state index contributed by atoms with van der Waals surface area (Å²) in [5.41, 5.74) is 2.03. The summed E-state index contributed by atoms with van der Waals surface area (Å²) < 4.78 is 5.19. The zero-order chi connectivity index (χ0) is 19.4. The van der Waals surface area contributed by atoms with Crippen molar-refractivity contribution >= 4 is 35.0 Å². The lowest BCUT2D eigenvalue weighted by molar-refractivity contribution is -0.146. The lowest BCUT2D eigenvalue weighted by Crippen LogP contribution is -2.44. The Kier molecular flexibility index (Phi) is 5.91. The lowest BCUT2D eigenvalue weighted by Gasteiger charge is -2.35. The number of nitrogens with zero attached hydrogens (tertiary/aromatic N) is 4. The standard InChI is InChI=1S/C19H21ClN4O3/c1-13-7-8-14-5-3-4-6-15(14)24(13)18(25)12-27-19(26)11-23(2)17-10-9-16(20)21-22-17/h3-6,9-10,13H,7-8,11-12H2,1-2H3. The fourth-order valence-corrected chi connectivity index (χ4v) is 3.21. The van der Waals surface area contributed by atoms with Crippen molar-refractivity contribution in [1.82, 2.24) is 10.2 Å². The highest BCUT2D eigenvalue weighted by Gasteiger charge is 2.28. The molecule has 0 fully saturated rings. The monoisotopic (exact) mass is 388 g/mol. The molecule has 27 heavy (non-hydrogen) atoms. The van der Waals surface area contributed by atoms with E-state index in [9.17, 15) is 9.59 Å². The number of hydrogen-bond acceptors (Lipinski definition) is 6. The molecule has 0 radical (unpaired) electrons. The third kappa shape index (κ3) is 4.54. The first-order chi connectivity index (χ1) is 13.0. The molecule has 1 aliphatic heterocycles. The Morgan fingerprint density at radius 3 is 2.78 bits per heavy atom. The molecule has 2 heterocycles. The summed E-state index contributed by atoms with van der Waals surface area (Å²) in [7, 11) is 1.68. The molecule has 1 aliphatic rings. The first kappa shape index (κ1) is 19.1. The predicted octanol–water partition coefficient (Wildman–Crippen LogP) is 2.48. The van der Waals surface area contributed by atoms with E-state index in [0.717, 1.165) is 24.1 Å². The lowest BCUT2D eigenvalue weighted by atomic mass is 9.96. The summed E-state index contributed by atoms with van der Waals surface area (Å²) in [5, 5.41) is 7.90. The quantitative estimate of drug-likeness (QED) is 0.732. The van der Waals surface area contributed by atoms with Crippen LogP contribution in [-0.4, -0.2) is 48.3 Å². The van der Waals surface area contributed by atoms with Crippen LogP contribution in [0.25, 0.3) is 0 Å². The summed E-state index contributed by atoms with van der Waals surface area (Å²) in [5.74, 6) is -0.251. The van der Waals surface area contributed by atoms with Crippen molar-refractivity contribution in [2.75, 3.05) is 30.0 Å². The molecule has 142 valence electrons. The number of esters is 1. The minimum atomic E-state index is -0.513. The van der Waals surface area contributed by atoms with Crippen LogP contribution in [-0.2, 0) is 20.7 Å². The number of aromatic nitrogens is 2. The number of benzene rings is 1. The summed E-state index contributed by atoms with van der Waals surface area (Å²) >= 11 is 5.70. The van der Waals surface area contributed by atoms with Crippen LogP contribution in [0.2, 0.25) is 5.15 Å². The molecule has 7 nitrogen and oxygen atoms in total. The minimum absolute atomic E-state index is 0.0459. The number of rotatable bonds is 5. The molecular formula is C19H21ClN4O3. The van der Waals surface area contributed by atoms with E-state index in [0.29, 0.717) is 5.82 Å². The van der Waals surface area contributed by atoms with Crippen molar-refractivity contribution in [2.45, 2.75) is 25.8 Å². The fraction of sp³-hybridized carbons (Fsp3) is 0.368. The van der Waals surface area contributed by atoms with Gasteiger partial charge in [0.05, 0.1) is 0 Å². The molecule has 1 unspecified atom stereocenters. The van der Waals surface area contributed by atoms with Crippen LogP contribution in [0.5, 0.6) is 0 Å². The highest BCUT2D eigenvalue weighted by Crippen LogP contribution is 2.30. The number of amides is 1. The zero-order valence-corrected chi connectivity index (χ0v) is 16.0. The number of para-hydroxylation sites is 1. The van der Waals surface area contributed by atoms with Gasteiger partial charge in [-0.25, -0.2) is 0 Å². The molecule has 2 aromatic rings. The Balaban J connectivity index is 1.57. The van der Waals surface area contributed by atoms with Crippen molar-refractivity contribution in [2.24, 2.45) is 0 Å². The second-order valence-electron chi connectivity index (χ2n) is 6.51. The number of halogens is 1. The molecule has 0 saturated heterocycles. The van der Waals surface area contributed by atoms with Gasteiger partial charge in [0.1, 0.15) is 6.54 Å². The van der Waals surface area contributed by atoms with E-state index >= 15 is 0 Å². The first-order valence-electron chi connectivity index (χ1n) is 8.71. The first-order valence-corrected chi connectivity index (χ1v) is 9.09. The molecule has 1 aromatic carbocycles. The van der Waals surface area contributed by atoms with E-state index < -0.39 is 5.97 Å². The number of aryl methyl sites for hydroxylation is 1. The van der Waals surface area contributed by atoms with Crippen molar-refractivity contribution < 1.29 is 14.3 Å². The molecule has 0 bridgehead atoms. The Labute approximate surface area is 162 Å². The third-order valence-corrected chi connectivity index (χ3v) is 4.73. The molecular weight excluding hydrogens is 368 g/mol. The van der Waals surface area contributed by atoms with E-state index in [2.05, 4.69) is 10.2 Å². The number of anilines is 2. The summed E-state index contributed by atoms with van der Waals surface area (Å²) in [6, 6.07) is 11.1. The number of fused-ring (bicyclic) bond motifs is 1. The molecule has 0 saturated carbocycles. The van der Waals surface area contributed by atoms with Gasteiger partial charge < -0.3 is 14.5 Å². The van der Waals surface area contributed by atoms with Gasteiger partial charge in [0, 0.05) is 18.8 Å². The third-order valence-electron chi connectivity index (χ3n) is 4.52. The van der Waals surface area contributed by atoms with Crippen LogP contribution >= 0.6 is 11.6 Å². The van der Waals surface area contributed by atoms with Crippen LogP contribution in [0, 0.1) is 0 Å². The summed E-state index contributed by atoms with van der Waals surface area (Å²) in [6.07, 6.45) is 1.82. The van der Waals surface area contributed by atoms with Gasteiger partial charge in [-0.2, -0.15) is 0 Å². The molecule has 0 spiro atoms. The van der Waals surface area contributed by atoms with E-state index in [-0.39, 0.29) is 30.3 Å². The maximum atomic E-state index is 12.7.